The van der Waals surface area contributed by atoms with Crippen molar-refractivity contribution in [3.63, 3.8) is 0 Å². The molecule has 4 amide bonds. The number of H-pyrrole nitrogens is 1. The Morgan fingerprint density at radius 2 is 1.50 bits per heavy atom. The van der Waals surface area contributed by atoms with Gasteiger partial charge in [-0.25, -0.2) is 14.3 Å². The number of benzene rings is 2. The zero-order valence-corrected chi connectivity index (χ0v) is 36.4. The van der Waals surface area contributed by atoms with Gasteiger partial charge >= 0.3 is 6.09 Å². The normalized spacial score (nSPS) is 23.4. The maximum absolute atomic E-state index is 15.1. The molecule has 2 saturated carbocycles. The van der Waals surface area contributed by atoms with Crippen LogP contribution < -0.4 is 10.9 Å². The van der Waals surface area contributed by atoms with Gasteiger partial charge in [-0.05, 0) is 89.0 Å². The molecule has 334 valence electrons. The van der Waals surface area contributed by atoms with Crippen LogP contribution in [0.25, 0.3) is 10.8 Å². The topological polar surface area (TPSA) is 157 Å². The zero-order chi connectivity index (χ0) is 43.5. The number of hydrogen-bond donors (Lipinski definition) is 2. The van der Waals surface area contributed by atoms with Gasteiger partial charge in [0.05, 0.1) is 35.4 Å². The van der Waals surface area contributed by atoms with Crippen molar-refractivity contribution < 1.29 is 33.0 Å². The van der Waals surface area contributed by atoms with Crippen molar-refractivity contribution in [1.29, 1.82) is 0 Å². The Labute approximate surface area is 362 Å². The molecule has 2 bridgehead atoms. The average molecular weight is 856 g/mol. The van der Waals surface area contributed by atoms with Crippen LogP contribution in [0.3, 0.4) is 0 Å². The molecular formula is C47H62FN7O7. The number of carbonyl (C=O) groups excluding carboxylic acids is 4. The van der Waals surface area contributed by atoms with E-state index in [4.69, 9.17) is 9.47 Å². The minimum absolute atomic E-state index is 0.00961. The summed E-state index contributed by atoms with van der Waals surface area (Å²) in [7, 11) is 0. The number of hydrogen-bond acceptors (Lipinski definition) is 9. The lowest BCUT2D eigenvalue weighted by Crippen LogP contribution is -2.58. The summed E-state index contributed by atoms with van der Waals surface area (Å²) in [6, 6.07) is 11.1. The molecule has 3 aromatic rings. The van der Waals surface area contributed by atoms with E-state index in [9.17, 15) is 24.0 Å². The minimum Gasteiger partial charge on any atom is -0.444 e. The van der Waals surface area contributed by atoms with E-state index in [0.717, 1.165) is 70.9 Å². The van der Waals surface area contributed by atoms with Crippen LogP contribution in [0, 0.1) is 23.6 Å². The molecule has 8 rings (SSSR count). The van der Waals surface area contributed by atoms with Crippen LogP contribution in [0.4, 0.5) is 9.18 Å². The summed E-state index contributed by atoms with van der Waals surface area (Å²) < 4.78 is 27.5. The fraction of sp³-hybridized carbons (Fsp3) is 0.617. The Hall–Kier alpha value is -4.89. The molecule has 5 aliphatic rings. The third-order valence-corrected chi connectivity index (χ3v) is 13.7. The summed E-state index contributed by atoms with van der Waals surface area (Å²) in [4.78, 5) is 73.8. The van der Waals surface area contributed by atoms with E-state index >= 15 is 4.39 Å². The number of aromatic nitrogens is 2. The second-order valence-corrected chi connectivity index (χ2v) is 19.1. The van der Waals surface area contributed by atoms with Gasteiger partial charge in [0.25, 0.3) is 11.5 Å². The van der Waals surface area contributed by atoms with Gasteiger partial charge in [0, 0.05) is 76.0 Å². The second-order valence-electron chi connectivity index (χ2n) is 19.1. The molecule has 2 aromatic carbocycles. The van der Waals surface area contributed by atoms with Crippen LogP contribution in [0.15, 0.2) is 47.3 Å². The predicted octanol–water partition coefficient (Wildman–Crippen LogP) is 5.13. The molecule has 1 unspecified atom stereocenters. The molecule has 62 heavy (non-hydrogen) atoms. The van der Waals surface area contributed by atoms with E-state index in [2.05, 4.69) is 20.4 Å². The van der Waals surface area contributed by atoms with Gasteiger partial charge in [-0.15, -0.1) is 0 Å². The quantitative estimate of drug-likeness (QED) is 0.282. The molecule has 14 nitrogen and oxygen atoms in total. The lowest BCUT2D eigenvalue weighted by molar-refractivity contribution is -0.145. The number of carbonyl (C=O) groups is 4. The van der Waals surface area contributed by atoms with E-state index in [1.165, 1.54) is 6.07 Å². The number of aromatic amines is 1. The van der Waals surface area contributed by atoms with Crippen molar-refractivity contribution in [2.45, 2.75) is 109 Å². The average Bonchev–Trinajstić information content (AvgIpc) is 3.48. The van der Waals surface area contributed by atoms with E-state index in [0.29, 0.717) is 74.3 Å². The number of likely N-dealkylation sites (tertiary alicyclic amines) is 2. The zero-order valence-electron chi connectivity index (χ0n) is 36.4. The lowest BCUT2D eigenvalue weighted by Gasteiger charge is -2.43. The van der Waals surface area contributed by atoms with E-state index in [1.807, 2.05) is 37.8 Å². The number of nitrogens with one attached hydrogen (secondary N) is 2. The highest BCUT2D eigenvalue weighted by atomic mass is 19.1. The molecule has 2 aliphatic carbocycles. The SMILES string of the molecule is CC(C)(C)OC(=O)N[C@@H](C(=O)N1C[C@H]2CC[C@@H](C1)C2OC1CCN(CC(=O)N2CCN(C(=O)c3cc(Cc4n[nH]c(=O)c5ccccc45)ccc3F)CC2)CC1)C1CCCCC1. The standard InChI is InChI=1S/C47H62FN7O7/c1-47(2,3)62-46(60)49-41(31-9-5-4-6-10-31)45(59)55-27-32-14-15-33(28-55)42(32)61-34-17-19-52(20-18-34)29-40(56)53-21-23-54(24-22-53)44(58)37-25-30(13-16-38(37)48)26-39-35-11-7-8-12-36(35)43(57)51-50-39/h7-8,11-13,16,25,31-34,41-42H,4-6,9-10,14-15,17-24,26-29H2,1-3H3,(H,49,60)(H,51,57)/t32-,33+,41-,42?/m1/s1. The van der Waals surface area contributed by atoms with Gasteiger partial charge in [-0.2, -0.15) is 5.10 Å². The van der Waals surface area contributed by atoms with Crippen LogP contribution >= 0.6 is 0 Å². The van der Waals surface area contributed by atoms with E-state index in [1.54, 1.807) is 34.1 Å². The lowest BCUT2D eigenvalue weighted by atomic mass is 9.82. The molecule has 0 spiro atoms. The van der Waals surface area contributed by atoms with Crippen molar-refractivity contribution in [3.8, 4) is 0 Å². The summed E-state index contributed by atoms with van der Waals surface area (Å²) in [6.07, 6.45) is 8.84. The molecule has 4 heterocycles. The first kappa shape index (κ1) is 43.7. The third kappa shape index (κ3) is 10.1. The number of piperazine rings is 1. The molecule has 3 saturated heterocycles. The number of halogens is 1. The van der Waals surface area contributed by atoms with Gasteiger partial charge in [0.15, 0.2) is 0 Å². The van der Waals surface area contributed by atoms with Crippen molar-refractivity contribution >= 4 is 34.6 Å². The monoisotopic (exact) mass is 855 g/mol. The number of piperidine rings is 2. The fourth-order valence-corrected chi connectivity index (χ4v) is 10.4. The number of ether oxygens (including phenoxy) is 2. The van der Waals surface area contributed by atoms with Crippen molar-refractivity contribution in [3.05, 3.63) is 75.5 Å². The Bertz CT molecular complexity index is 2160. The summed E-state index contributed by atoms with van der Waals surface area (Å²) in [5.41, 5.74) is 0.371. The summed E-state index contributed by atoms with van der Waals surface area (Å²) in [5.74, 6) is -0.353. The highest BCUT2D eigenvalue weighted by Gasteiger charge is 2.47. The number of nitrogens with zero attached hydrogens (tertiary/aromatic N) is 5. The molecule has 5 fully saturated rings. The maximum Gasteiger partial charge on any atom is 0.408 e. The number of rotatable bonds is 10. The summed E-state index contributed by atoms with van der Waals surface area (Å²) >= 11 is 0. The number of alkyl carbamates (subject to hydrolysis) is 1. The molecular weight excluding hydrogens is 794 g/mol. The van der Waals surface area contributed by atoms with Gasteiger partial charge in [-0.3, -0.25) is 24.1 Å². The Morgan fingerprint density at radius 1 is 0.839 bits per heavy atom. The van der Waals surface area contributed by atoms with Crippen molar-refractivity contribution in [2.75, 3.05) is 58.9 Å². The summed E-state index contributed by atoms with van der Waals surface area (Å²) in [5, 5.41) is 11.0. The van der Waals surface area contributed by atoms with Crippen LogP contribution in [0.2, 0.25) is 0 Å². The van der Waals surface area contributed by atoms with Crippen molar-refractivity contribution in [2.24, 2.45) is 17.8 Å². The Kier molecular flexibility index (Phi) is 13.3. The van der Waals surface area contributed by atoms with E-state index < -0.39 is 29.5 Å². The first-order chi connectivity index (χ1) is 29.8. The highest BCUT2D eigenvalue weighted by molar-refractivity contribution is 5.95. The van der Waals surface area contributed by atoms with Crippen LogP contribution in [-0.4, -0.2) is 136 Å². The smallest absolute Gasteiger partial charge is 0.408 e. The molecule has 0 radical (unpaired) electrons. The molecule has 15 heteroatoms. The Balaban J connectivity index is 0.783. The first-order valence-electron chi connectivity index (χ1n) is 22.8. The van der Waals surface area contributed by atoms with Crippen LogP contribution in [-0.2, 0) is 25.5 Å². The molecule has 1 aromatic heterocycles. The Morgan fingerprint density at radius 3 is 2.18 bits per heavy atom. The summed E-state index contributed by atoms with van der Waals surface area (Å²) in [6.45, 7) is 9.95. The van der Waals surface area contributed by atoms with Gasteiger partial charge in [0.1, 0.15) is 17.5 Å². The third-order valence-electron chi connectivity index (χ3n) is 13.7. The molecule has 3 aliphatic heterocycles. The number of fused-ring (bicyclic) bond motifs is 3. The minimum atomic E-state index is -0.644. The van der Waals surface area contributed by atoms with Crippen LogP contribution in [0.1, 0.15) is 100 Å². The molecule has 2 N–H and O–H groups in total. The van der Waals surface area contributed by atoms with Gasteiger partial charge in [0.2, 0.25) is 11.8 Å². The van der Waals surface area contributed by atoms with E-state index in [-0.39, 0.29) is 52.9 Å². The first-order valence-corrected chi connectivity index (χ1v) is 22.8. The molecule has 4 atom stereocenters. The fourth-order valence-electron chi connectivity index (χ4n) is 10.4. The van der Waals surface area contributed by atoms with Crippen molar-refractivity contribution in [1.82, 2.24) is 35.1 Å². The van der Waals surface area contributed by atoms with Crippen LogP contribution in [0.5, 0.6) is 0 Å². The largest absolute Gasteiger partial charge is 0.444 e. The predicted molar refractivity (Wildman–Crippen MR) is 231 cm³/mol. The number of amides is 4. The van der Waals surface area contributed by atoms with Gasteiger partial charge < -0.3 is 29.5 Å². The maximum atomic E-state index is 15.1. The highest BCUT2D eigenvalue weighted by Crippen LogP contribution is 2.41. The second kappa shape index (κ2) is 18.8. The van der Waals surface area contributed by atoms with Gasteiger partial charge in [-0.1, -0.05) is 43.5 Å².